The van der Waals surface area contributed by atoms with Crippen LogP contribution >= 0.6 is 0 Å². The lowest BCUT2D eigenvalue weighted by Crippen LogP contribution is -2.00. The van der Waals surface area contributed by atoms with Gasteiger partial charge in [0.2, 0.25) is 0 Å². The second kappa shape index (κ2) is 14.9. The predicted molar refractivity (Wildman–Crippen MR) is 312 cm³/mol. The first-order chi connectivity index (χ1) is 36.7. The first kappa shape index (κ1) is 39.9. The highest BCUT2D eigenvalue weighted by molar-refractivity contribution is 6.29. The minimum absolute atomic E-state index is 0.894. The minimum atomic E-state index is 0.894. The van der Waals surface area contributed by atoms with Crippen LogP contribution in [0.2, 0.25) is 0 Å². The zero-order valence-corrected chi connectivity index (χ0v) is 39.9. The van der Waals surface area contributed by atoms with E-state index in [1.807, 2.05) is 12.1 Å². The van der Waals surface area contributed by atoms with Crippen LogP contribution < -0.4 is 0 Å². The van der Waals surface area contributed by atoms with E-state index in [1.165, 1.54) is 109 Å². The van der Waals surface area contributed by atoms with Crippen LogP contribution in [0.5, 0.6) is 0 Å². The second-order valence-electron chi connectivity index (χ2n) is 20.2. The molecule has 16 aromatic rings. The summed E-state index contributed by atoms with van der Waals surface area (Å²) in [6.45, 7) is 0. The normalized spacial score (nSPS) is 12.3. The molecule has 2 heterocycles. The van der Waals surface area contributed by atoms with Crippen LogP contribution in [0.1, 0.15) is 0 Å². The molecule has 0 N–H and O–H groups in total. The Morgan fingerprint density at radius 1 is 0.149 bits per heavy atom. The molecule has 0 spiro atoms. The molecule has 0 radical (unpaired) electrons. The molecular weight excluding hydrogens is 897 g/mol. The van der Waals surface area contributed by atoms with Crippen molar-refractivity contribution in [3.05, 3.63) is 243 Å². The molecule has 17 rings (SSSR count). The highest BCUT2D eigenvalue weighted by Gasteiger charge is 2.27. The third-order valence-electron chi connectivity index (χ3n) is 16.4. The SMILES string of the molecule is c1ccc2c(c1)oc1ccc(-c3ccc4c(c3)-c3cc5c6ccccc6c6ccccc6c5cc3-c3cc(-c5ccc6oc7ccccc7c6c5)ccc3-c3cc5c6ccccc6c6ccccc6c5cc3-4)cc12. The quantitative estimate of drug-likeness (QED) is 0.161. The Kier molecular flexibility index (Phi) is 8.03. The van der Waals surface area contributed by atoms with Crippen LogP contribution in [-0.4, -0.2) is 0 Å². The van der Waals surface area contributed by atoms with Gasteiger partial charge in [-0.15, -0.1) is 0 Å². The van der Waals surface area contributed by atoms with Gasteiger partial charge in [0.25, 0.3) is 0 Å². The molecule has 340 valence electrons. The summed E-state index contributed by atoms with van der Waals surface area (Å²) in [6.07, 6.45) is 0. The molecule has 14 aromatic carbocycles. The molecule has 0 aliphatic heterocycles. The zero-order valence-electron chi connectivity index (χ0n) is 39.9. The van der Waals surface area contributed by atoms with E-state index in [0.29, 0.717) is 0 Å². The van der Waals surface area contributed by atoms with Gasteiger partial charge in [-0.3, -0.25) is 0 Å². The third-order valence-corrected chi connectivity index (χ3v) is 16.4. The van der Waals surface area contributed by atoms with E-state index in [4.69, 9.17) is 8.83 Å². The maximum absolute atomic E-state index is 6.35. The van der Waals surface area contributed by atoms with Gasteiger partial charge >= 0.3 is 0 Å². The van der Waals surface area contributed by atoms with Crippen LogP contribution in [0, 0.1) is 0 Å². The Balaban J connectivity index is 1.03. The molecule has 74 heavy (non-hydrogen) atoms. The van der Waals surface area contributed by atoms with Gasteiger partial charge in [0, 0.05) is 21.5 Å². The minimum Gasteiger partial charge on any atom is -0.456 e. The number of hydrogen-bond donors (Lipinski definition) is 0. The van der Waals surface area contributed by atoms with E-state index in [2.05, 4.69) is 231 Å². The molecule has 2 heteroatoms. The lowest BCUT2D eigenvalue weighted by Gasteiger charge is -2.26. The van der Waals surface area contributed by atoms with Gasteiger partial charge in [0.1, 0.15) is 22.3 Å². The van der Waals surface area contributed by atoms with E-state index < -0.39 is 0 Å². The van der Waals surface area contributed by atoms with E-state index in [0.717, 1.165) is 66.1 Å². The summed E-state index contributed by atoms with van der Waals surface area (Å²) < 4.78 is 12.7. The van der Waals surface area contributed by atoms with Crippen LogP contribution in [0.25, 0.3) is 175 Å². The molecule has 0 bridgehead atoms. The number of benzene rings is 14. The number of fused-ring (bicyclic) bond motifs is 26. The molecule has 2 nitrogen and oxygen atoms in total. The van der Waals surface area contributed by atoms with Crippen molar-refractivity contribution in [3.8, 4) is 66.8 Å². The predicted octanol–water partition coefficient (Wildman–Crippen LogP) is 20.7. The van der Waals surface area contributed by atoms with Gasteiger partial charge in [-0.05, 0) is 204 Å². The second-order valence-corrected chi connectivity index (χ2v) is 20.2. The Hall–Kier alpha value is -9.76. The monoisotopic (exact) mass is 936 g/mol. The summed E-state index contributed by atoms with van der Waals surface area (Å²) in [4.78, 5) is 0. The molecule has 2 aromatic heterocycles. The van der Waals surface area contributed by atoms with Crippen molar-refractivity contribution in [3.63, 3.8) is 0 Å². The summed E-state index contributed by atoms with van der Waals surface area (Å²) >= 11 is 0. The average Bonchev–Trinajstić information content (AvgIpc) is 4.04. The highest BCUT2D eigenvalue weighted by atomic mass is 16.3. The van der Waals surface area contributed by atoms with Gasteiger partial charge in [-0.25, -0.2) is 0 Å². The van der Waals surface area contributed by atoms with E-state index in [9.17, 15) is 0 Å². The van der Waals surface area contributed by atoms with Gasteiger partial charge in [0.05, 0.1) is 0 Å². The maximum Gasteiger partial charge on any atom is 0.135 e. The van der Waals surface area contributed by atoms with Crippen LogP contribution in [0.4, 0.5) is 0 Å². The van der Waals surface area contributed by atoms with Crippen molar-refractivity contribution in [2.75, 3.05) is 0 Å². The molecule has 0 atom stereocenters. The molecule has 0 amide bonds. The van der Waals surface area contributed by atoms with Crippen LogP contribution in [0.3, 0.4) is 0 Å². The van der Waals surface area contributed by atoms with Gasteiger partial charge < -0.3 is 8.83 Å². The van der Waals surface area contributed by atoms with Crippen molar-refractivity contribution >= 4 is 109 Å². The van der Waals surface area contributed by atoms with E-state index in [-0.39, 0.29) is 0 Å². The molecule has 0 saturated heterocycles. The van der Waals surface area contributed by atoms with Crippen molar-refractivity contribution in [2.24, 2.45) is 0 Å². The van der Waals surface area contributed by atoms with Crippen LogP contribution in [-0.2, 0) is 0 Å². The Bertz CT molecular complexity index is 4820. The fourth-order valence-corrected chi connectivity index (χ4v) is 13.0. The summed E-state index contributed by atoms with van der Waals surface area (Å²) in [5.41, 5.74) is 17.8. The van der Waals surface area contributed by atoms with Gasteiger partial charge in [0.15, 0.2) is 0 Å². The third kappa shape index (κ3) is 5.60. The average molecular weight is 937 g/mol. The Morgan fingerprint density at radius 2 is 0.392 bits per heavy atom. The number of hydrogen-bond acceptors (Lipinski definition) is 2. The fourth-order valence-electron chi connectivity index (χ4n) is 13.0. The number of rotatable bonds is 2. The maximum atomic E-state index is 6.35. The van der Waals surface area contributed by atoms with Gasteiger partial charge in [-0.1, -0.05) is 170 Å². The van der Waals surface area contributed by atoms with Crippen molar-refractivity contribution in [1.29, 1.82) is 0 Å². The summed E-state index contributed by atoms with van der Waals surface area (Å²) in [7, 11) is 0. The molecule has 0 unspecified atom stereocenters. The zero-order chi connectivity index (χ0) is 48.2. The first-order valence-electron chi connectivity index (χ1n) is 25.5. The number of furan rings is 2. The summed E-state index contributed by atoms with van der Waals surface area (Å²) in [6, 6.07) is 90.3. The summed E-state index contributed by atoms with van der Waals surface area (Å²) in [5, 5.41) is 19.5. The fraction of sp³-hybridized carbons (Fsp3) is 0. The lowest BCUT2D eigenvalue weighted by molar-refractivity contribution is 0.668. The molecule has 1 aliphatic carbocycles. The smallest absolute Gasteiger partial charge is 0.135 e. The lowest BCUT2D eigenvalue weighted by atomic mass is 9.77. The Morgan fingerprint density at radius 3 is 0.743 bits per heavy atom. The molecule has 0 saturated carbocycles. The van der Waals surface area contributed by atoms with E-state index in [1.54, 1.807) is 0 Å². The van der Waals surface area contributed by atoms with Crippen molar-refractivity contribution in [1.82, 2.24) is 0 Å². The van der Waals surface area contributed by atoms with E-state index >= 15 is 0 Å². The molecular formula is C72H40O2. The topological polar surface area (TPSA) is 26.3 Å². The number of para-hydroxylation sites is 2. The largest absolute Gasteiger partial charge is 0.456 e. The highest BCUT2D eigenvalue weighted by Crippen LogP contribution is 2.54. The summed E-state index contributed by atoms with van der Waals surface area (Å²) in [5.74, 6) is 0. The van der Waals surface area contributed by atoms with Crippen molar-refractivity contribution in [2.45, 2.75) is 0 Å². The van der Waals surface area contributed by atoms with Gasteiger partial charge in [-0.2, -0.15) is 0 Å². The standard InChI is InChI=1S/C72H40O2/c1-5-17-49-45(13-1)46-14-2-6-18-50(46)60-38-64-54-30-26-42(44-28-32-72-68(36-44)56-22-10-12-24-70(56)74-72)34-58(54)66-40-62-52-20-8-4-16-48(52)47-15-3-7-19-51(47)61(62)39-65(66)57-33-41(25-29-53(57)63(64)37-59(49)60)43-27-31-71-67(35-43)55-21-9-11-23-69(55)73-71/h1-40H. The van der Waals surface area contributed by atoms with Crippen LogP contribution in [0.15, 0.2) is 251 Å². The first-order valence-corrected chi connectivity index (χ1v) is 25.5. The Labute approximate surface area is 424 Å². The molecule has 1 aliphatic rings. The van der Waals surface area contributed by atoms with Crippen molar-refractivity contribution < 1.29 is 8.83 Å². The molecule has 0 fully saturated rings.